The number of benzene rings is 2. The summed E-state index contributed by atoms with van der Waals surface area (Å²) in [6.45, 7) is 4.22. The Morgan fingerprint density at radius 2 is 1.52 bits per heavy atom. The number of para-hydroxylation sites is 2. The van der Waals surface area contributed by atoms with Crippen molar-refractivity contribution < 1.29 is 14.3 Å². The lowest BCUT2D eigenvalue weighted by atomic mass is 10.2. The van der Waals surface area contributed by atoms with Gasteiger partial charge < -0.3 is 15.4 Å². The molecule has 0 atom stereocenters. The van der Waals surface area contributed by atoms with Crippen molar-refractivity contribution in [1.82, 2.24) is 10.3 Å². The number of pyridine rings is 1. The Hall–Kier alpha value is -3.67. The number of aromatic nitrogens is 1. The number of carbonyl (C=O) groups is 2. The number of anilines is 1. The second-order valence-corrected chi connectivity index (χ2v) is 6.69. The quantitative estimate of drug-likeness (QED) is 0.639. The first kappa shape index (κ1) is 20.1. The number of ether oxygens (including phenoxy) is 1. The predicted molar refractivity (Wildman–Crippen MR) is 112 cm³/mol. The number of nitrogens with zero attached hydrogens (tertiary/aromatic N) is 1. The predicted octanol–water partition coefficient (Wildman–Crippen LogP) is 4.05. The van der Waals surface area contributed by atoms with Crippen LogP contribution in [0, 0.1) is 0 Å². The van der Waals surface area contributed by atoms with Crippen LogP contribution in [-0.2, 0) is 6.54 Å². The Kier molecular flexibility index (Phi) is 6.58. The molecule has 0 aliphatic carbocycles. The number of hydrogen-bond acceptors (Lipinski definition) is 4. The van der Waals surface area contributed by atoms with E-state index >= 15 is 0 Å². The summed E-state index contributed by atoms with van der Waals surface area (Å²) in [7, 11) is 0. The normalized spacial score (nSPS) is 10.4. The van der Waals surface area contributed by atoms with Crippen LogP contribution in [0.15, 0.2) is 72.8 Å². The molecule has 2 aromatic carbocycles. The molecule has 2 N–H and O–H groups in total. The lowest BCUT2D eigenvalue weighted by molar-refractivity contribution is 0.0945. The summed E-state index contributed by atoms with van der Waals surface area (Å²) in [6.07, 6.45) is -0.0252. The summed E-state index contributed by atoms with van der Waals surface area (Å²) in [4.78, 5) is 29.3. The van der Waals surface area contributed by atoms with Crippen molar-refractivity contribution in [2.45, 2.75) is 26.5 Å². The van der Waals surface area contributed by atoms with Gasteiger partial charge in [0.15, 0.2) is 0 Å². The monoisotopic (exact) mass is 389 g/mol. The van der Waals surface area contributed by atoms with E-state index in [2.05, 4.69) is 15.6 Å². The van der Waals surface area contributed by atoms with Gasteiger partial charge in [-0.1, -0.05) is 48.5 Å². The van der Waals surface area contributed by atoms with E-state index in [1.807, 2.05) is 56.3 Å². The molecular weight excluding hydrogens is 366 g/mol. The van der Waals surface area contributed by atoms with Crippen molar-refractivity contribution >= 4 is 17.5 Å². The molecule has 148 valence electrons. The lowest BCUT2D eigenvalue weighted by Gasteiger charge is -2.14. The molecule has 6 nitrogen and oxygen atoms in total. The topological polar surface area (TPSA) is 80.3 Å². The summed E-state index contributed by atoms with van der Waals surface area (Å²) in [6, 6.07) is 21.5. The lowest BCUT2D eigenvalue weighted by Crippen LogP contribution is -2.25. The van der Waals surface area contributed by atoms with E-state index in [9.17, 15) is 9.59 Å². The van der Waals surface area contributed by atoms with E-state index in [1.54, 1.807) is 30.3 Å². The minimum Gasteiger partial charge on any atom is -0.489 e. The standard InChI is InChI=1S/C23H23N3O3/c1-16(2)29-21-14-7-6-11-18(21)26-23(28)20-13-8-12-19(25-20)22(27)24-15-17-9-4-3-5-10-17/h3-14,16H,15H2,1-2H3,(H,24,27)(H,26,28). The van der Waals surface area contributed by atoms with Gasteiger partial charge in [-0.3, -0.25) is 9.59 Å². The minimum absolute atomic E-state index is 0.0252. The van der Waals surface area contributed by atoms with Gasteiger partial charge in [0.25, 0.3) is 11.8 Å². The van der Waals surface area contributed by atoms with Gasteiger partial charge in [0.05, 0.1) is 11.8 Å². The highest BCUT2D eigenvalue weighted by atomic mass is 16.5. The van der Waals surface area contributed by atoms with Crippen molar-refractivity contribution in [3.8, 4) is 5.75 Å². The summed E-state index contributed by atoms with van der Waals surface area (Å²) in [5.74, 6) is -0.179. The maximum Gasteiger partial charge on any atom is 0.274 e. The Morgan fingerprint density at radius 3 is 2.24 bits per heavy atom. The van der Waals surface area contributed by atoms with Gasteiger partial charge in [-0.2, -0.15) is 0 Å². The molecule has 0 bridgehead atoms. The Balaban J connectivity index is 1.69. The van der Waals surface area contributed by atoms with E-state index in [4.69, 9.17) is 4.74 Å². The van der Waals surface area contributed by atoms with Crippen molar-refractivity contribution in [2.75, 3.05) is 5.32 Å². The average molecular weight is 389 g/mol. The van der Waals surface area contributed by atoms with Crippen LogP contribution in [0.5, 0.6) is 5.75 Å². The number of hydrogen-bond donors (Lipinski definition) is 2. The average Bonchev–Trinajstić information content (AvgIpc) is 2.74. The molecule has 3 rings (SSSR count). The molecule has 0 spiro atoms. The summed E-state index contributed by atoms with van der Waals surface area (Å²) in [5, 5.41) is 5.61. The van der Waals surface area contributed by atoms with Gasteiger partial charge in [0.2, 0.25) is 0 Å². The number of carbonyl (C=O) groups excluding carboxylic acids is 2. The molecule has 29 heavy (non-hydrogen) atoms. The molecule has 0 radical (unpaired) electrons. The number of amides is 2. The molecule has 2 amide bonds. The smallest absolute Gasteiger partial charge is 0.274 e. The van der Waals surface area contributed by atoms with Crippen molar-refractivity contribution in [1.29, 1.82) is 0 Å². The van der Waals surface area contributed by atoms with Gasteiger partial charge in [0.1, 0.15) is 17.1 Å². The zero-order valence-electron chi connectivity index (χ0n) is 16.4. The third kappa shape index (κ3) is 5.65. The summed E-state index contributed by atoms with van der Waals surface area (Å²) >= 11 is 0. The Morgan fingerprint density at radius 1 is 0.862 bits per heavy atom. The first-order valence-electron chi connectivity index (χ1n) is 9.39. The second-order valence-electron chi connectivity index (χ2n) is 6.69. The van der Waals surface area contributed by atoms with E-state index in [-0.39, 0.29) is 23.4 Å². The Bertz CT molecular complexity index is 987. The van der Waals surface area contributed by atoms with Crippen LogP contribution >= 0.6 is 0 Å². The fourth-order valence-electron chi connectivity index (χ4n) is 2.67. The van der Waals surface area contributed by atoms with Crippen LogP contribution in [0.2, 0.25) is 0 Å². The van der Waals surface area contributed by atoms with Crippen molar-refractivity contribution in [3.05, 3.63) is 89.7 Å². The maximum absolute atomic E-state index is 12.6. The zero-order chi connectivity index (χ0) is 20.6. The molecule has 1 heterocycles. The molecular formula is C23H23N3O3. The fraction of sp³-hybridized carbons (Fsp3) is 0.174. The van der Waals surface area contributed by atoms with E-state index in [0.717, 1.165) is 5.56 Å². The molecule has 6 heteroatoms. The molecule has 3 aromatic rings. The molecule has 0 unspecified atom stereocenters. The van der Waals surface area contributed by atoms with Gasteiger partial charge >= 0.3 is 0 Å². The summed E-state index contributed by atoms with van der Waals surface area (Å²) in [5.41, 5.74) is 1.86. The van der Waals surface area contributed by atoms with Gasteiger partial charge in [-0.05, 0) is 43.7 Å². The largest absolute Gasteiger partial charge is 0.489 e. The Labute approximate surface area is 169 Å². The number of rotatable bonds is 7. The van der Waals surface area contributed by atoms with Gasteiger partial charge in [0, 0.05) is 6.54 Å². The first-order chi connectivity index (χ1) is 14.0. The SMILES string of the molecule is CC(C)Oc1ccccc1NC(=O)c1cccc(C(=O)NCc2ccccc2)n1. The second kappa shape index (κ2) is 9.50. The highest BCUT2D eigenvalue weighted by Gasteiger charge is 2.14. The van der Waals surface area contributed by atoms with Crippen LogP contribution < -0.4 is 15.4 Å². The van der Waals surface area contributed by atoms with Crippen molar-refractivity contribution in [2.24, 2.45) is 0 Å². The summed E-state index contributed by atoms with van der Waals surface area (Å²) < 4.78 is 5.72. The molecule has 0 aliphatic rings. The highest BCUT2D eigenvalue weighted by molar-refractivity contribution is 6.04. The molecule has 0 saturated heterocycles. The molecule has 1 aromatic heterocycles. The highest BCUT2D eigenvalue weighted by Crippen LogP contribution is 2.25. The maximum atomic E-state index is 12.6. The van der Waals surface area contributed by atoms with E-state index in [1.165, 1.54) is 0 Å². The van der Waals surface area contributed by atoms with E-state index in [0.29, 0.717) is 18.0 Å². The zero-order valence-corrected chi connectivity index (χ0v) is 16.4. The van der Waals surface area contributed by atoms with Gasteiger partial charge in [-0.15, -0.1) is 0 Å². The van der Waals surface area contributed by atoms with Crippen LogP contribution in [0.3, 0.4) is 0 Å². The van der Waals surface area contributed by atoms with Crippen LogP contribution in [0.4, 0.5) is 5.69 Å². The van der Waals surface area contributed by atoms with Crippen LogP contribution in [0.25, 0.3) is 0 Å². The van der Waals surface area contributed by atoms with E-state index < -0.39 is 5.91 Å². The van der Waals surface area contributed by atoms with Gasteiger partial charge in [-0.25, -0.2) is 4.98 Å². The van der Waals surface area contributed by atoms with Crippen LogP contribution in [-0.4, -0.2) is 22.9 Å². The molecule has 0 fully saturated rings. The van der Waals surface area contributed by atoms with Crippen molar-refractivity contribution in [3.63, 3.8) is 0 Å². The third-order valence-corrected chi connectivity index (χ3v) is 4.01. The van der Waals surface area contributed by atoms with Crippen LogP contribution in [0.1, 0.15) is 40.4 Å². The molecule has 0 aliphatic heterocycles. The minimum atomic E-state index is -0.414. The molecule has 0 saturated carbocycles. The number of nitrogens with one attached hydrogen (secondary N) is 2. The fourth-order valence-corrected chi connectivity index (χ4v) is 2.67. The first-order valence-corrected chi connectivity index (χ1v) is 9.39. The third-order valence-electron chi connectivity index (χ3n) is 4.01.